The Hall–Kier alpha value is -1.42. The highest BCUT2D eigenvalue weighted by atomic mass is 19.1. The number of hydrogen-bond acceptors (Lipinski definition) is 2. The van der Waals surface area contributed by atoms with E-state index in [2.05, 4.69) is 17.1 Å². The molecule has 0 spiro atoms. The van der Waals surface area contributed by atoms with Crippen LogP contribution in [0.1, 0.15) is 44.6 Å². The van der Waals surface area contributed by atoms with Crippen LogP contribution in [-0.2, 0) is 11.3 Å². The average Bonchev–Trinajstić information content (AvgIpc) is 3.30. The quantitative estimate of drug-likeness (QED) is 0.709. The number of nitrogens with zero attached hydrogens (tertiary/aromatic N) is 1. The summed E-state index contributed by atoms with van der Waals surface area (Å²) in [6.45, 7) is 3.76. The fraction of sp³-hybridized carbons (Fsp3) is 0.588. The molecule has 0 saturated heterocycles. The van der Waals surface area contributed by atoms with Gasteiger partial charge in [0.15, 0.2) is 0 Å². The van der Waals surface area contributed by atoms with Crippen molar-refractivity contribution in [2.75, 3.05) is 13.1 Å². The van der Waals surface area contributed by atoms with Crippen LogP contribution in [-0.4, -0.2) is 29.9 Å². The predicted molar refractivity (Wildman–Crippen MR) is 82.4 cm³/mol. The second-order valence-electron chi connectivity index (χ2n) is 5.78. The first-order valence-electron chi connectivity index (χ1n) is 7.95. The van der Waals surface area contributed by atoms with E-state index < -0.39 is 0 Å². The molecule has 1 aliphatic carbocycles. The standard InChI is InChI=1S/C17H25FN2O/c1-2-3-6-11-19-17(21)13-20(15-9-10-15)12-14-7-4-5-8-16(14)18/h4-5,7-8,15H,2-3,6,9-13H2,1H3,(H,19,21). The SMILES string of the molecule is CCCCCNC(=O)CN(Cc1ccccc1F)C1CC1. The molecule has 1 N–H and O–H groups in total. The molecule has 2 rings (SSSR count). The average molecular weight is 292 g/mol. The van der Waals surface area contributed by atoms with Crippen LogP contribution in [0.2, 0.25) is 0 Å². The monoisotopic (exact) mass is 292 g/mol. The zero-order valence-electron chi connectivity index (χ0n) is 12.8. The molecule has 0 heterocycles. The first-order chi connectivity index (χ1) is 10.2. The van der Waals surface area contributed by atoms with E-state index in [0.717, 1.165) is 38.6 Å². The van der Waals surface area contributed by atoms with E-state index in [9.17, 15) is 9.18 Å². The summed E-state index contributed by atoms with van der Waals surface area (Å²) in [5, 5.41) is 2.96. The topological polar surface area (TPSA) is 32.3 Å². The fourth-order valence-corrected chi connectivity index (χ4v) is 2.44. The number of hydrogen-bond donors (Lipinski definition) is 1. The summed E-state index contributed by atoms with van der Waals surface area (Å²) in [7, 11) is 0. The minimum Gasteiger partial charge on any atom is -0.355 e. The smallest absolute Gasteiger partial charge is 0.234 e. The lowest BCUT2D eigenvalue weighted by Gasteiger charge is -2.21. The predicted octanol–water partition coefficient (Wildman–Crippen LogP) is 3.10. The molecule has 0 aromatic heterocycles. The van der Waals surface area contributed by atoms with Gasteiger partial charge in [-0.1, -0.05) is 38.0 Å². The Balaban J connectivity index is 1.82. The Morgan fingerprint density at radius 1 is 1.33 bits per heavy atom. The normalized spacial score (nSPS) is 14.4. The fourth-order valence-electron chi connectivity index (χ4n) is 2.44. The van der Waals surface area contributed by atoms with Crippen LogP contribution in [0.5, 0.6) is 0 Å². The van der Waals surface area contributed by atoms with Gasteiger partial charge >= 0.3 is 0 Å². The van der Waals surface area contributed by atoms with Gasteiger partial charge in [-0.05, 0) is 25.3 Å². The van der Waals surface area contributed by atoms with E-state index in [-0.39, 0.29) is 11.7 Å². The van der Waals surface area contributed by atoms with Crippen molar-refractivity contribution in [2.45, 2.75) is 51.6 Å². The van der Waals surface area contributed by atoms with Crippen molar-refractivity contribution < 1.29 is 9.18 Å². The summed E-state index contributed by atoms with van der Waals surface area (Å²) in [4.78, 5) is 14.1. The zero-order chi connectivity index (χ0) is 15.1. The van der Waals surface area contributed by atoms with Crippen LogP contribution in [0.3, 0.4) is 0 Å². The van der Waals surface area contributed by atoms with Crippen molar-refractivity contribution in [1.82, 2.24) is 10.2 Å². The third-order valence-electron chi connectivity index (χ3n) is 3.84. The Kier molecular flexibility index (Phi) is 6.18. The number of nitrogens with one attached hydrogen (secondary N) is 1. The number of benzene rings is 1. The zero-order valence-corrected chi connectivity index (χ0v) is 12.8. The van der Waals surface area contributed by atoms with Gasteiger partial charge in [-0.15, -0.1) is 0 Å². The molecule has 1 aromatic rings. The Bertz CT molecular complexity index is 460. The molecule has 0 aliphatic heterocycles. The molecule has 0 bridgehead atoms. The second-order valence-corrected chi connectivity index (χ2v) is 5.78. The highest BCUT2D eigenvalue weighted by molar-refractivity contribution is 5.78. The molecule has 1 aliphatic rings. The maximum atomic E-state index is 13.7. The highest BCUT2D eigenvalue weighted by Gasteiger charge is 2.30. The van der Waals surface area contributed by atoms with Gasteiger partial charge in [0.1, 0.15) is 5.82 Å². The summed E-state index contributed by atoms with van der Waals surface area (Å²) in [6, 6.07) is 7.25. The molecule has 4 heteroatoms. The molecule has 0 atom stereocenters. The minimum absolute atomic E-state index is 0.0503. The van der Waals surface area contributed by atoms with Gasteiger partial charge in [-0.3, -0.25) is 9.69 Å². The molecular formula is C17H25FN2O. The van der Waals surface area contributed by atoms with E-state index in [1.807, 2.05) is 6.07 Å². The summed E-state index contributed by atoms with van der Waals surface area (Å²) < 4.78 is 13.7. The van der Waals surface area contributed by atoms with E-state index in [1.165, 1.54) is 6.07 Å². The summed E-state index contributed by atoms with van der Waals surface area (Å²) in [5.41, 5.74) is 0.670. The first-order valence-corrected chi connectivity index (χ1v) is 7.95. The molecule has 1 aromatic carbocycles. The highest BCUT2D eigenvalue weighted by Crippen LogP contribution is 2.28. The molecule has 1 fully saturated rings. The number of carbonyl (C=O) groups excluding carboxylic acids is 1. The number of unbranched alkanes of at least 4 members (excludes halogenated alkanes) is 2. The maximum absolute atomic E-state index is 13.7. The molecular weight excluding hydrogens is 267 g/mol. The lowest BCUT2D eigenvalue weighted by atomic mass is 10.2. The summed E-state index contributed by atoms with van der Waals surface area (Å²) in [5.74, 6) is -0.138. The number of rotatable bonds is 9. The Labute approximate surface area is 126 Å². The van der Waals surface area contributed by atoms with Gasteiger partial charge in [-0.25, -0.2) is 4.39 Å². The minimum atomic E-state index is -0.188. The van der Waals surface area contributed by atoms with E-state index in [1.54, 1.807) is 12.1 Å². The van der Waals surface area contributed by atoms with Gasteiger partial charge in [0.2, 0.25) is 5.91 Å². The molecule has 21 heavy (non-hydrogen) atoms. The van der Waals surface area contributed by atoms with Crippen LogP contribution in [0, 0.1) is 5.82 Å². The van der Waals surface area contributed by atoms with Crippen molar-refractivity contribution in [1.29, 1.82) is 0 Å². The third kappa shape index (κ3) is 5.46. The number of halogens is 1. The van der Waals surface area contributed by atoms with Crippen molar-refractivity contribution in [3.63, 3.8) is 0 Å². The van der Waals surface area contributed by atoms with Gasteiger partial charge in [0.05, 0.1) is 6.54 Å². The van der Waals surface area contributed by atoms with Crippen LogP contribution in [0.15, 0.2) is 24.3 Å². The first kappa shape index (κ1) is 16.0. The van der Waals surface area contributed by atoms with Crippen molar-refractivity contribution in [3.8, 4) is 0 Å². The Morgan fingerprint density at radius 3 is 2.76 bits per heavy atom. The summed E-state index contributed by atoms with van der Waals surface area (Å²) in [6.07, 6.45) is 5.54. The van der Waals surface area contributed by atoms with Crippen molar-refractivity contribution >= 4 is 5.91 Å². The molecule has 0 radical (unpaired) electrons. The van der Waals surface area contributed by atoms with E-state index >= 15 is 0 Å². The lowest BCUT2D eigenvalue weighted by Crippen LogP contribution is -2.38. The van der Waals surface area contributed by atoms with Crippen molar-refractivity contribution in [3.05, 3.63) is 35.6 Å². The van der Waals surface area contributed by atoms with Crippen LogP contribution < -0.4 is 5.32 Å². The maximum Gasteiger partial charge on any atom is 0.234 e. The van der Waals surface area contributed by atoms with Crippen LogP contribution in [0.4, 0.5) is 4.39 Å². The van der Waals surface area contributed by atoms with E-state index in [4.69, 9.17) is 0 Å². The molecule has 1 saturated carbocycles. The summed E-state index contributed by atoms with van der Waals surface area (Å²) >= 11 is 0. The van der Waals surface area contributed by atoms with Gasteiger partial charge in [0, 0.05) is 24.7 Å². The second kappa shape index (κ2) is 8.13. The number of amides is 1. The van der Waals surface area contributed by atoms with Gasteiger partial charge in [-0.2, -0.15) is 0 Å². The molecule has 1 amide bonds. The molecule has 0 unspecified atom stereocenters. The van der Waals surface area contributed by atoms with E-state index in [0.29, 0.717) is 24.7 Å². The van der Waals surface area contributed by atoms with Crippen LogP contribution >= 0.6 is 0 Å². The molecule has 3 nitrogen and oxygen atoms in total. The third-order valence-corrected chi connectivity index (χ3v) is 3.84. The Morgan fingerprint density at radius 2 is 2.10 bits per heavy atom. The largest absolute Gasteiger partial charge is 0.355 e. The van der Waals surface area contributed by atoms with Crippen LogP contribution in [0.25, 0.3) is 0 Å². The molecule has 116 valence electrons. The van der Waals surface area contributed by atoms with Crippen molar-refractivity contribution in [2.24, 2.45) is 0 Å². The lowest BCUT2D eigenvalue weighted by molar-refractivity contribution is -0.122. The number of carbonyl (C=O) groups is 1. The van der Waals surface area contributed by atoms with Gasteiger partial charge in [0.25, 0.3) is 0 Å². The van der Waals surface area contributed by atoms with Gasteiger partial charge < -0.3 is 5.32 Å².